The highest BCUT2D eigenvalue weighted by Crippen LogP contribution is 2.38. The van der Waals surface area contributed by atoms with Crippen LogP contribution in [0.4, 0.5) is 0 Å². The summed E-state index contributed by atoms with van der Waals surface area (Å²) in [4.78, 5) is 0. The second-order valence-corrected chi connectivity index (χ2v) is 5.78. The third-order valence-electron chi connectivity index (χ3n) is 4.11. The van der Waals surface area contributed by atoms with E-state index in [1.165, 1.54) is 31.2 Å². The highest BCUT2D eigenvalue weighted by molar-refractivity contribution is 5.44. The van der Waals surface area contributed by atoms with Crippen molar-refractivity contribution in [2.45, 2.75) is 44.2 Å². The van der Waals surface area contributed by atoms with Gasteiger partial charge in [-0.3, -0.25) is 0 Å². The average molecular weight is 245 g/mol. The molecule has 0 amide bonds. The van der Waals surface area contributed by atoms with Gasteiger partial charge in [0.25, 0.3) is 0 Å². The molecule has 2 saturated carbocycles. The quantitative estimate of drug-likeness (QED) is 0.864. The van der Waals surface area contributed by atoms with Crippen molar-refractivity contribution in [3.8, 4) is 11.5 Å². The summed E-state index contributed by atoms with van der Waals surface area (Å²) in [6.07, 6.45) is 6.65. The Kier molecular flexibility index (Phi) is 2.47. The lowest BCUT2D eigenvalue weighted by atomic mass is 10.0. The lowest BCUT2D eigenvalue weighted by Gasteiger charge is -2.18. The van der Waals surface area contributed by atoms with Gasteiger partial charge in [-0.1, -0.05) is 6.07 Å². The molecule has 18 heavy (non-hydrogen) atoms. The van der Waals surface area contributed by atoms with Crippen LogP contribution in [0.1, 0.15) is 31.2 Å². The number of hydrogen-bond donors (Lipinski definition) is 1. The third kappa shape index (κ3) is 2.19. The van der Waals surface area contributed by atoms with Gasteiger partial charge in [0.15, 0.2) is 11.5 Å². The van der Waals surface area contributed by atoms with E-state index < -0.39 is 0 Å². The molecule has 1 aromatic rings. The van der Waals surface area contributed by atoms with E-state index in [-0.39, 0.29) is 0 Å². The van der Waals surface area contributed by atoms with Crippen molar-refractivity contribution in [1.29, 1.82) is 0 Å². The van der Waals surface area contributed by atoms with Gasteiger partial charge in [-0.05, 0) is 55.7 Å². The summed E-state index contributed by atoms with van der Waals surface area (Å²) in [7, 11) is 0. The van der Waals surface area contributed by atoms with Gasteiger partial charge in [0.1, 0.15) is 0 Å². The zero-order valence-corrected chi connectivity index (χ0v) is 10.5. The second kappa shape index (κ2) is 4.16. The molecule has 4 rings (SSSR count). The minimum atomic E-state index is 0.366. The minimum Gasteiger partial charge on any atom is -0.454 e. The molecule has 0 aromatic heterocycles. The Labute approximate surface area is 107 Å². The predicted octanol–water partition coefficient (Wildman–Crippen LogP) is 2.49. The van der Waals surface area contributed by atoms with E-state index in [0.717, 1.165) is 29.9 Å². The van der Waals surface area contributed by atoms with Gasteiger partial charge in [-0.2, -0.15) is 0 Å². The number of rotatable bonds is 5. The van der Waals surface area contributed by atoms with Gasteiger partial charge in [0.05, 0.1) is 0 Å². The van der Waals surface area contributed by atoms with Crippen LogP contribution < -0.4 is 14.8 Å². The molecule has 0 saturated heterocycles. The second-order valence-electron chi connectivity index (χ2n) is 5.78. The normalized spacial score (nSPS) is 23.1. The Bertz CT molecular complexity index is 452. The molecule has 1 heterocycles. The monoisotopic (exact) mass is 245 g/mol. The van der Waals surface area contributed by atoms with E-state index in [2.05, 4.69) is 17.4 Å². The largest absolute Gasteiger partial charge is 0.454 e. The van der Waals surface area contributed by atoms with Crippen LogP contribution in [-0.2, 0) is 6.42 Å². The van der Waals surface area contributed by atoms with Gasteiger partial charge >= 0.3 is 0 Å². The first kappa shape index (κ1) is 10.7. The lowest BCUT2D eigenvalue weighted by Crippen LogP contribution is -2.34. The number of fused-ring (bicyclic) bond motifs is 1. The van der Waals surface area contributed by atoms with E-state index in [0.29, 0.717) is 12.8 Å². The van der Waals surface area contributed by atoms with Crippen LogP contribution in [0.15, 0.2) is 18.2 Å². The molecular weight excluding hydrogens is 226 g/mol. The maximum absolute atomic E-state index is 5.45. The molecule has 96 valence electrons. The van der Waals surface area contributed by atoms with Crippen molar-refractivity contribution in [3.63, 3.8) is 0 Å². The summed E-state index contributed by atoms with van der Waals surface area (Å²) >= 11 is 0. The highest BCUT2D eigenvalue weighted by atomic mass is 16.7. The molecule has 1 aliphatic heterocycles. The molecule has 1 N–H and O–H groups in total. The topological polar surface area (TPSA) is 30.5 Å². The zero-order valence-electron chi connectivity index (χ0n) is 10.5. The molecule has 3 aliphatic rings. The standard InChI is InChI=1S/C15H19NO2/c1-6-14-15(18-9-17-14)8-10(1)7-13(11-2-3-11)16-12-4-5-12/h1,6,8,11-13,16H,2-5,7,9H2. The van der Waals surface area contributed by atoms with Crippen LogP contribution in [-0.4, -0.2) is 18.9 Å². The highest BCUT2D eigenvalue weighted by Gasteiger charge is 2.35. The van der Waals surface area contributed by atoms with Crippen LogP contribution in [0.2, 0.25) is 0 Å². The Morgan fingerprint density at radius 1 is 1.11 bits per heavy atom. The summed E-state index contributed by atoms with van der Waals surface area (Å²) in [5, 5.41) is 3.80. The summed E-state index contributed by atoms with van der Waals surface area (Å²) in [5.41, 5.74) is 1.37. The molecule has 0 spiro atoms. The summed E-state index contributed by atoms with van der Waals surface area (Å²) in [6.45, 7) is 0.366. The van der Waals surface area contributed by atoms with Crippen molar-refractivity contribution in [1.82, 2.24) is 5.32 Å². The molecule has 1 atom stereocenters. The summed E-state index contributed by atoms with van der Waals surface area (Å²) < 4.78 is 10.8. The van der Waals surface area contributed by atoms with E-state index in [9.17, 15) is 0 Å². The molecule has 3 heteroatoms. The lowest BCUT2D eigenvalue weighted by molar-refractivity contribution is 0.174. The van der Waals surface area contributed by atoms with Crippen LogP contribution >= 0.6 is 0 Å². The van der Waals surface area contributed by atoms with Crippen molar-refractivity contribution >= 4 is 0 Å². The third-order valence-corrected chi connectivity index (χ3v) is 4.11. The van der Waals surface area contributed by atoms with Gasteiger partial charge in [-0.25, -0.2) is 0 Å². The molecule has 1 aromatic carbocycles. The van der Waals surface area contributed by atoms with Gasteiger partial charge in [0, 0.05) is 12.1 Å². The van der Waals surface area contributed by atoms with Crippen molar-refractivity contribution in [2.24, 2.45) is 5.92 Å². The minimum absolute atomic E-state index is 0.366. The predicted molar refractivity (Wildman–Crippen MR) is 68.9 cm³/mol. The van der Waals surface area contributed by atoms with Crippen molar-refractivity contribution < 1.29 is 9.47 Å². The average Bonchev–Trinajstić information content (AvgIpc) is 3.27. The number of benzene rings is 1. The van der Waals surface area contributed by atoms with Gasteiger partial charge < -0.3 is 14.8 Å². The number of hydrogen-bond acceptors (Lipinski definition) is 3. The first-order valence-corrected chi connectivity index (χ1v) is 7.03. The molecule has 1 unspecified atom stereocenters. The van der Waals surface area contributed by atoms with Crippen molar-refractivity contribution in [2.75, 3.05) is 6.79 Å². The maximum Gasteiger partial charge on any atom is 0.231 e. The molecule has 2 fully saturated rings. The smallest absolute Gasteiger partial charge is 0.231 e. The molecule has 0 radical (unpaired) electrons. The summed E-state index contributed by atoms with van der Waals surface area (Å²) in [6, 6.07) is 7.82. The van der Waals surface area contributed by atoms with Gasteiger partial charge in [0.2, 0.25) is 6.79 Å². The summed E-state index contributed by atoms with van der Waals surface area (Å²) in [5.74, 6) is 2.70. The molecular formula is C15H19NO2. The molecule has 3 nitrogen and oxygen atoms in total. The zero-order chi connectivity index (χ0) is 11.9. The molecule has 2 aliphatic carbocycles. The number of nitrogens with one attached hydrogen (secondary N) is 1. The Balaban J connectivity index is 1.48. The Hall–Kier alpha value is -1.22. The molecule has 0 bridgehead atoms. The fourth-order valence-electron chi connectivity index (χ4n) is 2.73. The maximum atomic E-state index is 5.45. The van der Waals surface area contributed by atoms with Crippen LogP contribution in [0.3, 0.4) is 0 Å². The first-order valence-electron chi connectivity index (χ1n) is 7.03. The van der Waals surface area contributed by atoms with E-state index in [4.69, 9.17) is 9.47 Å². The SMILES string of the molecule is c1cc2c(cc1CC(NC1CC1)C1CC1)OCO2. The van der Waals surface area contributed by atoms with Crippen LogP contribution in [0.25, 0.3) is 0 Å². The van der Waals surface area contributed by atoms with Crippen LogP contribution in [0, 0.1) is 5.92 Å². The number of ether oxygens (including phenoxy) is 2. The van der Waals surface area contributed by atoms with E-state index in [1.54, 1.807) is 0 Å². The Morgan fingerprint density at radius 3 is 2.72 bits per heavy atom. The Morgan fingerprint density at radius 2 is 1.94 bits per heavy atom. The van der Waals surface area contributed by atoms with E-state index >= 15 is 0 Å². The van der Waals surface area contributed by atoms with Crippen LogP contribution in [0.5, 0.6) is 11.5 Å². The fourth-order valence-corrected chi connectivity index (χ4v) is 2.73. The fraction of sp³-hybridized carbons (Fsp3) is 0.600. The van der Waals surface area contributed by atoms with Crippen molar-refractivity contribution in [3.05, 3.63) is 23.8 Å². The van der Waals surface area contributed by atoms with Gasteiger partial charge in [-0.15, -0.1) is 0 Å². The van der Waals surface area contributed by atoms with E-state index in [1.807, 2.05) is 6.07 Å². The first-order chi connectivity index (χ1) is 8.88.